The van der Waals surface area contributed by atoms with Crippen molar-refractivity contribution in [3.8, 4) is 11.5 Å². The third-order valence-corrected chi connectivity index (χ3v) is 5.81. The minimum Gasteiger partial charge on any atom is -0.457 e. The van der Waals surface area contributed by atoms with Crippen LogP contribution in [-0.4, -0.2) is 67.6 Å². The van der Waals surface area contributed by atoms with Gasteiger partial charge in [-0.05, 0) is 42.0 Å². The van der Waals surface area contributed by atoms with Crippen molar-refractivity contribution in [2.45, 2.75) is 13.0 Å². The number of benzene rings is 2. The van der Waals surface area contributed by atoms with E-state index in [1.54, 1.807) is 29.2 Å². The van der Waals surface area contributed by atoms with Crippen LogP contribution in [0, 0.1) is 11.7 Å². The lowest BCUT2D eigenvalue weighted by atomic mass is 10.1. The van der Waals surface area contributed by atoms with E-state index in [-0.39, 0.29) is 30.0 Å². The van der Waals surface area contributed by atoms with Crippen molar-refractivity contribution in [2.24, 2.45) is 5.92 Å². The van der Waals surface area contributed by atoms with Crippen molar-refractivity contribution < 1.29 is 23.5 Å². The number of hydrogen-bond donors (Lipinski definition) is 1. The van der Waals surface area contributed by atoms with Gasteiger partial charge in [0, 0.05) is 45.7 Å². The molecule has 0 unspecified atom stereocenters. The van der Waals surface area contributed by atoms with E-state index >= 15 is 0 Å². The fraction of sp³-hybridized carbons (Fsp3) is 0.417. The largest absolute Gasteiger partial charge is 0.457 e. The van der Waals surface area contributed by atoms with Crippen LogP contribution in [0.5, 0.6) is 11.5 Å². The molecule has 0 aromatic heterocycles. The third kappa shape index (κ3) is 6.05. The second kappa shape index (κ2) is 10.6. The standard InChI is InChI=1S/C24H28FN3O4/c25-20-3-7-22(8-4-20)32-21-5-1-18(2-6-21)16-26-24(30)19-15-23(29)28(17-19)10-9-27-11-13-31-14-12-27/h1-8,19H,9-17H2,(H,26,30)/t19-/m0/s1. The van der Waals surface area contributed by atoms with Gasteiger partial charge in [0.1, 0.15) is 17.3 Å². The summed E-state index contributed by atoms with van der Waals surface area (Å²) < 4.78 is 24.0. The Morgan fingerprint density at radius 1 is 1.03 bits per heavy atom. The maximum atomic E-state index is 13.0. The van der Waals surface area contributed by atoms with Crippen molar-refractivity contribution in [2.75, 3.05) is 45.9 Å². The maximum absolute atomic E-state index is 13.0. The molecule has 2 aromatic rings. The van der Waals surface area contributed by atoms with Gasteiger partial charge in [0.25, 0.3) is 0 Å². The Bertz CT molecular complexity index is 914. The van der Waals surface area contributed by atoms with E-state index < -0.39 is 0 Å². The van der Waals surface area contributed by atoms with Crippen LogP contribution < -0.4 is 10.1 Å². The van der Waals surface area contributed by atoms with Crippen LogP contribution in [0.1, 0.15) is 12.0 Å². The maximum Gasteiger partial charge on any atom is 0.225 e. The molecule has 170 valence electrons. The van der Waals surface area contributed by atoms with Gasteiger partial charge in [0.15, 0.2) is 0 Å². The minimum absolute atomic E-state index is 0.0423. The van der Waals surface area contributed by atoms with Gasteiger partial charge in [-0.1, -0.05) is 12.1 Å². The minimum atomic E-state index is -0.312. The van der Waals surface area contributed by atoms with E-state index in [2.05, 4.69) is 10.2 Å². The number of nitrogens with zero attached hydrogens (tertiary/aromatic N) is 2. The first-order chi connectivity index (χ1) is 15.6. The van der Waals surface area contributed by atoms with Crippen molar-refractivity contribution in [1.82, 2.24) is 15.1 Å². The third-order valence-electron chi connectivity index (χ3n) is 5.81. The zero-order valence-electron chi connectivity index (χ0n) is 18.0. The SMILES string of the molecule is O=C(NCc1ccc(Oc2ccc(F)cc2)cc1)[C@H]1CC(=O)N(CCN2CCOCC2)C1. The highest BCUT2D eigenvalue weighted by molar-refractivity contribution is 5.89. The molecule has 7 nitrogen and oxygen atoms in total. The number of rotatable bonds is 8. The molecule has 32 heavy (non-hydrogen) atoms. The summed E-state index contributed by atoms with van der Waals surface area (Å²) in [5.41, 5.74) is 0.929. The van der Waals surface area contributed by atoms with Gasteiger partial charge in [0.05, 0.1) is 19.1 Å². The summed E-state index contributed by atoms with van der Waals surface area (Å²) in [6, 6.07) is 13.2. The van der Waals surface area contributed by atoms with Gasteiger partial charge in [-0.15, -0.1) is 0 Å². The number of likely N-dealkylation sites (tertiary alicyclic amines) is 1. The molecule has 1 atom stereocenters. The molecular weight excluding hydrogens is 413 g/mol. The highest BCUT2D eigenvalue weighted by Gasteiger charge is 2.34. The van der Waals surface area contributed by atoms with Gasteiger partial charge in [0.2, 0.25) is 11.8 Å². The summed E-state index contributed by atoms with van der Waals surface area (Å²) >= 11 is 0. The Morgan fingerprint density at radius 2 is 1.69 bits per heavy atom. The molecule has 2 aromatic carbocycles. The fourth-order valence-electron chi connectivity index (χ4n) is 3.90. The number of morpholine rings is 1. The molecular formula is C24H28FN3O4. The molecule has 0 radical (unpaired) electrons. The Morgan fingerprint density at radius 3 is 2.38 bits per heavy atom. The molecule has 2 amide bonds. The molecule has 4 rings (SSSR count). The van der Waals surface area contributed by atoms with Crippen LogP contribution in [0.4, 0.5) is 4.39 Å². The monoisotopic (exact) mass is 441 g/mol. The van der Waals surface area contributed by atoms with Crippen LogP contribution in [-0.2, 0) is 20.9 Å². The molecule has 1 N–H and O–H groups in total. The second-order valence-electron chi connectivity index (χ2n) is 8.11. The summed E-state index contributed by atoms with van der Waals surface area (Å²) in [7, 11) is 0. The van der Waals surface area contributed by atoms with Crippen LogP contribution in [0.15, 0.2) is 48.5 Å². The Hall–Kier alpha value is -2.97. The molecule has 0 bridgehead atoms. The number of halogens is 1. The van der Waals surface area contributed by atoms with E-state index in [4.69, 9.17) is 9.47 Å². The number of carbonyl (C=O) groups excluding carboxylic acids is 2. The number of amides is 2. The van der Waals surface area contributed by atoms with Gasteiger partial charge >= 0.3 is 0 Å². The molecule has 0 spiro atoms. The first-order valence-electron chi connectivity index (χ1n) is 10.9. The molecule has 2 heterocycles. The number of nitrogens with one attached hydrogen (secondary N) is 1. The van der Waals surface area contributed by atoms with Crippen molar-refractivity contribution >= 4 is 11.8 Å². The quantitative estimate of drug-likeness (QED) is 0.681. The Labute approximate surface area is 187 Å². The highest BCUT2D eigenvalue weighted by atomic mass is 19.1. The smallest absolute Gasteiger partial charge is 0.225 e. The zero-order valence-corrected chi connectivity index (χ0v) is 18.0. The van der Waals surface area contributed by atoms with E-state index in [0.29, 0.717) is 31.1 Å². The average Bonchev–Trinajstić information content (AvgIpc) is 3.20. The van der Waals surface area contributed by atoms with Gasteiger partial charge in [-0.3, -0.25) is 14.5 Å². The predicted molar refractivity (Wildman–Crippen MR) is 117 cm³/mol. The lowest BCUT2D eigenvalue weighted by Crippen LogP contribution is -2.42. The molecule has 0 aliphatic carbocycles. The number of carbonyl (C=O) groups is 2. The van der Waals surface area contributed by atoms with Gasteiger partial charge < -0.3 is 19.7 Å². The van der Waals surface area contributed by atoms with E-state index in [1.165, 1.54) is 12.1 Å². The molecule has 2 saturated heterocycles. The van der Waals surface area contributed by atoms with Crippen molar-refractivity contribution in [3.63, 3.8) is 0 Å². The average molecular weight is 442 g/mol. The summed E-state index contributed by atoms with van der Waals surface area (Å²) in [6.07, 6.45) is 0.263. The fourth-order valence-corrected chi connectivity index (χ4v) is 3.90. The molecule has 8 heteroatoms. The summed E-state index contributed by atoms with van der Waals surface area (Å²) in [6.45, 7) is 5.57. The van der Waals surface area contributed by atoms with E-state index in [0.717, 1.165) is 38.4 Å². The summed E-state index contributed by atoms with van der Waals surface area (Å²) in [4.78, 5) is 29.0. The lowest BCUT2D eigenvalue weighted by Gasteiger charge is -2.28. The van der Waals surface area contributed by atoms with Gasteiger partial charge in [-0.2, -0.15) is 0 Å². The van der Waals surface area contributed by atoms with E-state index in [1.807, 2.05) is 12.1 Å². The second-order valence-corrected chi connectivity index (χ2v) is 8.11. The molecule has 2 aliphatic heterocycles. The topological polar surface area (TPSA) is 71.1 Å². The normalized spacial score (nSPS) is 19.2. The number of hydrogen-bond acceptors (Lipinski definition) is 5. The molecule has 2 aliphatic rings. The first-order valence-corrected chi connectivity index (χ1v) is 10.9. The highest BCUT2D eigenvalue weighted by Crippen LogP contribution is 2.22. The Balaban J connectivity index is 1.21. The van der Waals surface area contributed by atoms with Crippen LogP contribution in [0.25, 0.3) is 0 Å². The van der Waals surface area contributed by atoms with Crippen molar-refractivity contribution in [3.05, 3.63) is 59.9 Å². The van der Waals surface area contributed by atoms with Crippen LogP contribution >= 0.6 is 0 Å². The molecule has 0 saturated carbocycles. The van der Waals surface area contributed by atoms with E-state index in [9.17, 15) is 14.0 Å². The first kappa shape index (κ1) is 22.2. The lowest BCUT2D eigenvalue weighted by molar-refractivity contribution is -0.129. The Kier molecular flexibility index (Phi) is 7.34. The predicted octanol–water partition coefficient (Wildman–Crippen LogP) is 2.41. The summed E-state index contributed by atoms with van der Waals surface area (Å²) in [5, 5.41) is 2.94. The van der Waals surface area contributed by atoms with Crippen molar-refractivity contribution in [1.29, 1.82) is 0 Å². The molecule has 2 fully saturated rings. The number of ether oxygens (including phenoxy) is 2. The van der Waals surface area contributed by atoms with Gasteiger partial charge in [-0.25, -0.2) is 4.39 Å². The van der Waals surface area contributed by atoms with Crippen LogP contribution in [0.2, 0.25) is 0 Å². The van der Waals surface area contributed by atoms with Crippen LogP contribution in [0.3, 0.4) is 0 Å². The zero-order chi connectivity index (χ0) is 22.3. The summed E-state index contributed by atoms with van der Waals surface area (Å²) in [5.74, 6) is 0.501.